The lowest BCUT2D eigenvalue weighted by Gasteiger charge is -2.16. The number of aryl methyl sites for hydroxylation is 2. The highest BCUT2D eigenvalue weighted by Gasteiger charge is 2.19. The number of carbonyl (C=O) groups is 1. The first-order chi connectivity index (χ1) is 14.7. The fraction of sp³-hybridized carbons (Fsp3) is 0.208. The number of rotatable bonds is 8. The topological polar surface area (TPSA) is 75.3 Å². The Hall–Kier alpha value is -2.67. The molecule has 0 fully saturated rings. The van der Waals surface area contributed by atoms with Gasteiger partial charge in [-0.25, -0.2) is 13.1 Å². The molecule has 0 unspecified atom stereocenters. The van der Waals surface area contributed by atoms with Crippen LogP contribution in [0.5, 0.6) is 0 Å². The molecule has 3 aromatic carbocycles. The molecule has 0 aromatic heterocycles. The Labute approximate surface area is 188 Å². The summed E-state index contributed by atoms with van der Waals surface area (Å²) in [6.45, 7) is 3.61. The highest BCUT2D eigenvalue weighted by Crippen LogP contribution is 2.21. The van der Waals surface area contributed by atoms with Gasteiger partial charge in [0.25, 0.3) is 5.91 Å². The summed E-state index contributed by atoms with van der Waals surface area (Å²) in [4.78, 5) is 12.6. The summed E-state index contributed by atoms with van der Waals surface area (Å²) in [6, 6.07) is 21.0. The van der Waals surface area contributed by atoms with Gasteiger partial charge in [0.1, 0.15) is 0 Å². The average Bonchev–Trinajstić information content (AvgIpc) is 2.74. The molecule has 0 saturated carbocycles. The van der Waals surface area contributed by atoms with Gasteiger partial charge in [-0.2, -0.15) is 0 Å². The number of nitrogens with one attached hydrogen (secondary N) is 2. The Balaban J connectivity index is 1.64. The Morgan fingerprint density at radius 1 is 1.00 bits per heavy atom. The molecule has 31 heavy (non-hydrogen) atoms. The first-order valence-corrected chi connectivity index (χ1v) is 11.8. The SMILES string of the molecule is Cc1cc(S(=O)(=O)N[C@@H](C)CCc2ccccc2)ccc1NC(=O)c1ccc(Cl)cc1. The van der Waals surface area contributed by atoms with E-state index in [9.17, 15) is 13.2 Å². The smallest absolute Gasteiger partial charge is 0.255 e. The second-order valence-corrected chi connectivity index (χ2v) is 9.63. The van der Waals surface area contributed by atoms with E-state index in [0.29, 0.717) is 28.3 Å². The van der Waals surface area contributed by atoms with Gasteiger partial charge in [0.05, 0.1) is 4.90 Å². The Bertz CT molecular complexity index is 1150. The molecular weight excluding hydrogens is 432 g/mol. The third-order valence-electron chi connectivity index (χ3n) is 4.93. The van der Waals surface area contributed by atoms with Crippen LogP contribution in [0.15, 0.2) is 77.7 Å². The highest BCUT2D eigenvalue weighted by atomic mass is 35.5. The van der Waals surface area contributed by atoms with Crippen molar-refractivity contribution in [1.29, 1.82) is 0 Å². The predicted octanol–water partition coefficient (Wildman–Crippen LogP) is 5.20. The second-order valence-electron chi connectivity index (χ2n) is 7.48. The Morgan fingerprint density at radius 2 is 1.68 bits per heavy atom. The number of hydrogen-bond donors (Lipinski definition) is 2. The molecule has 0 heterocycles. The first-order valence-electron chi connectivity index (χ1n) is 9.98. The number of hydrogen-bond acceptors (Lipinski definition) is 3. The van der Waals surface area contributed by atoms with Crippen molar-refractivity contribution in [3.63, 3.8) is 0 Å². The molecule has 0 saturated heterocycles. The standard InChI is InChI=1S/C24H25ClN2O3S/c1-17-16-22(14-15-23(17)26-24(28)20-10-12-21(25)13-11-20)31(29,30)27-18(2)8-9-19-6-4-3-5-7-19/h3-7,10-16,18,27H,8-9H2,1-2H3,(H,26,28)/t18-/m0/s1. The fourth-order valence-corrected chi connectivity index (χ4v) is 4.65. The van der Waals surface area contributed by atoms with Crippen LogP contribution in [0, 0.1) is 6.92 Å². The number of amides is 1. The summed E-state index contributed by atoms with van der Waals surface area (Å²) in [6.07, 6.45) is 1.48. The molecule has 7 heteroatoms. The van der Waals surface area contributed by atoms with Crippen molar-refractivity contribution in [3.8, 4) is 0 Å². The lowest BCUT2D eigenvalue weighted by atomic mass is 10.1. The molecule has 162 valence electrons. The van der Waals surface area contributed by atoms with Gasteiger partial charge in [-0.3, -0.25) is 4.79 Å². The van der Waals surface area contributed by atoms with Crippen LogP contribution in [0.3, 0.4) is 0 Å². The van der Waals surface area contributed by atoms with Gasteiger partial charge < -0.3 is 5.32 Å². The highest BCUT2D eigenvalue weighted by molar-refractivity contribution is 7.89. The first kappa shape index (κ1) is 23.0. The fourth-order valence-electron chi connectivity index (χ4n) is 3.16. The van der Waals surface area contributed by atoms with E-state index in [1.165, 1.54) is 11.6 Å². The van der Waals surface area contributed by atoms with Crippen molar-refractivity contribution in [1.82, 2.24) is 4.72 Å². The van der Waals surface area contributed by atoms with Crippen LogP contribution in [0.2, 0.25) is 5.02 Å². The molecule has 3 rings (SSSR count). The molecule has 2 N–H and O–H groups in total. The Kier molecular flexibility index (Phi) is 7.49. The zero-order valence-corrected chi connectivity index (χ0v) is 19.0. The maximum Gasteiger partial charge on any atom is 0.255 e. The van der Waals surface area contributed by atoms with Crippen LogP contribution in [0.1, 0.15) is 34.8 Å². The minimum Gasteiger partial charge on any atom is -0.322 e. The molecule has 0 aliphatic carbocycles. The summed E-state index contributed by atoms with van der Waals surface area (Å²) in [7, 11) is -3.67. The molecule has 5 nitrogen and oxygen atoms in total. The molecule has 1 atom stereocenters. The van der Waals surface area contributed by atoms with Crippen LogP contribution >= 0.6 is 11.6 Å². The summed E-state index contributed by atoms with van der Waals surface area (Å²) in [5, 5.41) is 3.36. The predicted molar refractivity (Wildman–Crippen MR) is 125 cm³/mol. The minimum atomic E-state index is -3.67. The van der Waals surface area contributed by atoms with Crippen molar-refractivity contribution < 1.29 is 13.2 Å². The van der Waals surface area contributed by atoms with Crippen molar-refractivity contribution >= 4 is 33.2 Å². The van der Waals surface area contributed by atoms with Crippen molar-refractivity contribution in [3.05, 3.63) is 94.5 Å². The van der Waals surface area contributed by atoms with Crippen molar-refractivity contribution in [2.45, 2.75) is 37.6 Å². The second kappa shape index (κ2) is 10.1. The van der Waals surface area contributed by atoms with Crippen LogP contribution in [0.4, 0.5) is 5.69 Å². The number of sulfonamides is 1. The zero-order chi connectivity index (χ0) is 22.4. The van der Waals surface area contributed by atoms with E-state index >= 15 is 0 Å². The molecule has 1 amide bonds. The molecule has 3 aromatic rings. The van der Waals surface area contributed by atoms with E-state index < -0.39 is 10.0 Å². The molecule has 0 spiro atoms. The maximum atomic E-state index is 12.8. The summed E-state index contributed by atoms with van der Waals surface area (Å²) in [5.41, 5.74) is 2.85. The lowest BCUT2D eigenvalue weighted by Crippen LogP contribution is -2.33. The minimum absolute atomic E-state index is 0.168. The van der Waals surface area contributed by atoms with Gasteiger partial charge in [0.15, 0.2) is 0 Å². The molecule has 0 aliphatic heterocycles. The monoisotopic (exact) mass is 456 g/mol. The van der Waals surface area contributed by atoms with Gasteiger partial charge in [-0.1, -0.05) is 41.9 Å². The van der Waals surface area contributed by atoms with Gasteiger partial charge in [0, 0.05) is 22.3 Å². The van der Waals surface area contributed by atoms with E-state index in [0.717, 1.165) is 6.42 Å². The average molecular weight is 457 g/mol. The van der Waals surface area contributed by atoms with Crippen molar-refractivity contribution in [2.24, 2.45) is 0 Å². The summed E-state index contributed by atoms with van der Waals surface area (Å²) < 4.78 is 28.3. The van der Waals surface area contributed by atoms with Crippen molar-refractivity contribution in [2.75, 3.05) is 5.32 Å². The molecule has 0 aliphatic rings. The quantitative estimate of drug-likeness (QED) is 0.489. The van der Waals surface area contributed by atoms with Crippen LogP contribution < -0.4 is 10.0 Å². The van der Waals surface area contributed by atoms with Crippen LogP contribution in [0.25, 0.3) is 0 Å². The van der Waals surface area contributed by atoms with E-state index in [1.54, 1.807) is 43.3 Å². The van der Waals surface area contributed by atoms with E-state index in [-0.39, 0.29) is 16.8 Å². The molecule has 0 radical (unpaired) electrons. The van der Waals surface area contributed by atoms with E-state index in [2.05, 4.69) is 10.0 Å². The van der Waals surface area contributed by atoms with Gasteiger partial charge in [-0.05, 0) is 80.3 Å². The zero-order valence-electron chi connectivity index (χ0n) is 17.4. The van der Waals surface area contributed by atoms with Crippen LogP contribution in [-0.2, 0) is 16.4 Å². The largest absolute Gasteiger partial charge is 0.322 e. The van der Waals surface area contributed by atoms with Gasteiger partial charge >= 0.3 is 0 Å². The lowest BCUT2D eigenvalue weighted by molar-refractivity contribution is 0.102. The third-order valence-corrected chi connectivity index (χ3v) is 6.77. The number of anilines is 1. The van der Waals surface area contributed by atoms with Gasteiger partial charge in [0.2, 0.25) is 10.0 Å². The maximum absolute atomic E-state index is 12.8. The normalized spacial score (nSPS) is 12.4. The molecular formula is C24H25ClN2O3S. The van der Waals surface area contributed by atoms with E-state index in [1.807, 2.05) is 37.3 Å². The van der Waals surface area contributed by atoms with E-state index in [4.69, 9.17) is 11.6 Å². The summed E-state index contributed by atoms with van der Waals surface area (Å²) >= 11 is 5.85. The number of benzene rings is 3. The third kappa shape index (κ3) is 6.40. The molecule has 0 bridgehead atoms. The van der Waals surface area contributed by atoms with Crippen LogP contribution in [-0.4, -0.2) is 20.4 Å². The number of carbonyl (C=O) groups excluding carboxylic acids is 1. The summed E-state index contributed by atoms with van der Waals surface area (Å²) in [5.74, 6) is -0.289. The Morgan fingerprint density at radius 3 is 2.32 bits per heavy atom. The van der Waals surface area contributed by atoms with Gasteiger partial charge in [-0.15, -0.1) is 0 Å². The number of halogens is 1.